The van der Waals surface area contributed by atoms with Crippen molar-refractivity contribution in [2.24, 2.45) is 0 Å². The van der Waals surface area contributed by atoms with Gasteiger partial charge in [-0.25, -0.2) is 4.98 Å². The Balaban J connectivity index is 1.69. The molecule has 3 rings (SSSR count). The molecule has 2 aliphatic rings. The van der Waals surface area contributed by atoms with Crippen LogP contribution in [0.2, 0.25) is 0 Å². The zero-order chi connectivity index (χ0) is 11.7. The summed E-state index contributed by atoms with van der Waals surface area (Å²) in [4.78, 5) is 12.8. The highest BCUT2D eigenvalue weighted by Crippen LogP contribution is 2.26. The second-order valence-corrected chi connectivity index (χ2v) is 5.15. The van der Waals surface area contributed by atoms with Gasteiger partial charge in [0.05, 0.1) is 6.20 Å². The van der Waals surface area contributed by atoms with E-state index in [2.05, 4.69) is 32.1 Å². The first-order valence-electron chi connectivity index (χ1n) is 6.52. The van der Waals surface area contributed by atoms with Crippen LogP contribution in [-0.2, 0) is 0 Å². The van der Waals surface area contributed by atoms with Crippen LogP contribution in [0.5, 0.6) is 0 Å². The van der Waals surface area contributed by atoms with Crippen molar-refractivity contribution in [1.29, 1.82) is 0 Å². The summed E-state index contributed by atoms with van der Waals surface area (Å²) >= 11 is 0. The van der Waals surface area contributed by atoms with Crippen LogP contribution >= 0.6 is 0 Å². The van der Waals surface area contributed by atoms with Crippen LogP contribution in [0, 0.1) is 0 Å². The van der Waals surface area contributed by atoms with Gasteiger partial charge in [0.1, 0.15) is 0 Å². The van der Waals surface area contributed by atoms with Gasteiger partial charge in [-0.1, -0.05) is 0 Å². The van der Waals surface area contributed by atoms with Crippen molar-refractivity contribution in [2.45, 2.75) is 12.3 Å². The molecule has 1 unspecified atom stereocenters. The first-order chi connectivity index (χ1) is 8.33. The average Bonchev–Trinajstić information content (AvgIpc) is 2.98. The summed E-state index contributed by atoms with van der Waals surface area (Å²) in [7, 11) is 2.19. The predicted octanol–water partition coefficient (Wildman–Crippen LogP) is 0.238. The van der Waals surface area contributed by atoms with E-state index in [1.165, 1.54) is 18.7 Å². The number of anilines is 1. The topological polar surface area (TPSA) is 47.2 Å². The van der Waals surface area contributed by atoms with Crippen LogP contribution in [0.3, 0.4) is 0 Å². The zero-order valence-corrected chi connectivity index (χ0v) is 10.4. The Hall–Kier alpha value is -1.07. The molecule has 5 nitrogen and oxygen atoms in total. The van der Waals surface area contributed by atoms with Crippen molar-refractivity contribution in [3.8, 4) is 0 Å². The molecule has 2 N–H and O–H groups in total. The Labute approximate surface area is 102 Å². The minimum Gasteiger partial charge on any atom is -0.340 e. The Bertz CT molecular complexity index is 349. The number of aromatic nitrogens is 2. The molecular weight excluding hydrogens is 214 g/mol. The number of nitrogens with one attached hydrogen (secondary N) is 2. The number of nitrogens with zero attached hydrogens (tertiary/aromatic N) is 3. The van der Waals surface area contributed by atoms with Crippen LogP contribution in [0.1, 0.15) is 18.0 Å². The highest BCUT2D eigenvalue weighted by molar-refractivity contribution is 5.33. The van der Waals surface area contributed by atoms with Crippen LogP contribution in [-0.4, -0.2) is 61.2 Å². The van der Waals surface area contributed by atoms with Crippen molar-refractivity contribution < 1.29 is 0 Å². The quantitative estimate of drug-likeness (QED) is 0.771. The molecule has 94 valence electrons. The Morgan fingerprint density at radius 3 is 2.82 bits per heavy atom. The van der Waals surface area contributed by atoms with Crippen molar-refractivity contribution in [2.75, 3.05) is 51.2 Å². The van der Waals surface area contributed by atoms with Gasteiger partial charge in [-0.2, -0.15) is 0 Å². The van der Waals surface area contributed by atoms with Gasteiger partial charge >= 0.3 is 0 Å². The van der Waals surface area contributed by atoms with Gasteiger partial charge in [0, 0.05) is 44.3 Å². The standard InChI is InChI=1S/C12H21N5/c1-16-5-2-10(9-16)11-8-14-12(15-11)17-6-3-13-4-7-17/h8,10,13H,2-7,9H2,1H3,(H,14,15). The third-order valence-corrected chi connectivity index (χ3v) is 3.83. The second-order valence-electron chi connectivity index (χ2n) is 5.15. The van der Waals surface area contributed by atoms with Gasteiger partial charge in [0.25, 0.3) is 0 Å². The monoisotopic (exact) mass is 235 g/mol. The van der Waals surface area contributed by atoms with Crippen LogP contribution in [0.15, 0.2) is 6.20 Å². The normalized spacial score (nSPS) is 26.6. The molecule has 0 aliphatic carbocycles. The molecule has 17 heavy (non-hydrogen) atoms. The maximum atomic E-state index is 4.53. The van der Waals surface area contributed by atoms with E-state index in [0.29, 0.717) is 5.92 Å². The van der Waals surface area contributed by atoms with Crippen molar-refractivity contribution in [3.63, 3.8) is 0 Å². The number of likely N-dealkylation sites (N-methyl/N-ethyl adjacent to an activating group) is 1. The highest BCUT2D eigenvalue weighted by Gasteiger charge is 2.23. The minimum absolute atomic E-state index is 0.643. The van der Waals surface area contributed by atoms with Gasteiger partial charge < -0.3 is 20.1 Å². The highest BCUT2D eigenvalue weighted by atomic mass is 15.3. The fourth-order valence-corrected chi connectivity index (χ4v) is 2.76. The summed E-state index contributed by atoms with van der Waals surface area (Å²) < 4.78 is 0. The third kappa shape index (κ3) is 2.30. The molecule has 5 heteroatoms. The van der Waals surface area contributed by atoms with Crippen molar-refractivity contribution in [3.05, 3.63) is 11.9 Å². The summed E-state index contributed by atoms with van der Waals surface area (Å²) in [5.74, 6) is 1.69. The second kappa shape index (κ2) is 4.66. The number of imidazole rings is 1. The van der Waals surface area contributed by atoms with Crippen LogP contribution in [0.4, 0.5) is 5.95 Å². The van der Waals surface area contributed by atoms with E-state index in [4.69, 9.17) is 0 Å². The Kier molecular flexibility index (Phi) is 3.03. The fourth-order valence-electron chi connectivity index (χ4n) is 2.76. The van der Waals surface area contributed by atoms with E-state index in [9.17, 15) is 0 Å². The van der Waals surface area contributed by atoms with Gasteiger partial charge in [-0.15, -0.1) is 0 Å². The van der Waals surface area contributed by atoms with Crippen LogP contribution in [0.25, 0.3) is 0 Å². The SMILES string of the molecule is CN1CCC(c2cnc(N3CCNCC3)[nH]2)C1. The summed E-state index contributed by atoms with van der Waals surface area (Å²) in [6.45, 7) is 6.58. The third-order valence-electron chi connectivity index (χ3n) is 3.83. The lowest BCUT2D eigenvalue weighted by molar-refractivity contribution is 0.411. The number of aromatic amines is 1. The molecule has 2 fully saturated rings. The maximum Gasteiger partial charge on any atom is 0.203 e. The van der Waals surface area contributed by atoms with Crippen molar-refractivity contribution >= 4 is 5.95 Å². The Morgan fingerprint density at radius 1 is 1.29 bits per heavy atom. The van der Waals surface area contributed by atoms with E-state index >= 15 is 0 Å². The number of piperazine rings is 1. The first kappa shape index (κ1) is 11.0. The summed E-state index contributed by atoms with van der Waals surface area (Å²) in [5.41, 5.74) is 1.31. The lowest BCUT2D eigenvalue weighted by atomic mass is 10.1. The molecule has 0 amide bonds. The van der Waals surface area contributed by atoms with Crippen molar-refractivity contribution in [1.82, 2.24) is 20.2 Å². The molecule has 0 bridgehead atoms. The molecule has 2 aliphatic heterocycles. The van der Waals surface area contributed by atoms with Gasteiger partial charge in [0.2, 0.25) is 5.95 Å². The number of hydrogen-bond donors (Lipinski definition) is 2. The number of rotatable bonds is 2. The van der Waals surface area contributed by atoms with E-state index in [-0.39, 0.29) is 0 Å². The number of likely N-dealkylation sites (tertiary alicyclic amines) is 1. The van der Waals surface area contributed by atoms with E-state index in [0.717, 1.165) is 38.7 Å². The van der Waals surface area contributed by atoms with E-state index in [1.54, 1.807) is 0 Å². The smallest absolute Gasteiger partial charge is 0.203 e. The molecule has 0 radical (unpaired) electrons. The minimum atomic E-state index is 0.643. The molecule has 0 aromatic carbocycles. The number of hydrogen-bond acceptors (Lipinski definition) is 4. The first-order valence-corrected chi connectivity index (χ1v) is 6.52. The largest absolute Gasteiger partial charge is 0.340 e. The van der Waals surface area contributed by atoms with Gasteiger partial charge in [-0.3, -0.25) is 0 Å². The lowest BCUT2D eigenvalue weighted by Crippen LogP contribution is -2.44. The Morgan fingerprint density at radius 2 is 2.12 bits per heavy atom. The van der Waals surface area contributed by atoms with Gasteiger partial charge in [-0.05, 0) is 20.0 Å². The molecule has 0 saturated carbocycles. The number of H-pyrrole nitrogens is 1. The molecule has 0 spiro atoms. The van der Waals surface area contributed by atoms with Gasteiger partial charge in [0.15, 0.2) is 0 Å². The molecular formula is C12H21N5. The fraction of sp³-hybridized carbons (Fsp3) is 0.750. The van der Waals surface area contributed by atoms with Crippen LogP contribution < -0.4 is 10.2 Å². The summed E-state index contributed by atoms with van der Waals surface area (Å²) in [5, 5.41) is 3.36. The molecule has 3 heterocycles. The lowest BCUT2D eigenvalue weighted by Gasteiger charge is -2.26. The van der Waals surface area contributed by atoms with E-state index in [1.807, 2.05) is 6.20 Å². The molecule has 2 saturated heterocycles. The molecule has 1 aromatic rings. The zero-order valence-electron chi connectivity index (χ0n) is 10.4. The summed E-state index contributed by atoms with van der Waals surface area (Å²) in [6.07, 6.45) is 3.28. The predicted molar refractivity (Wildman–Crippen MR) is 68.5 cm³/mol. The van der Waals surface area contributed by atoms with E-state index < -0.39 is 0 Å². The average molecular weight is 235 g/mol. The summed E-state index contributed by atoms with van der Waals surface area (Å²) in [6, 6.07) is 0. The maximum absolute atomic E-state index is 4.53. The molecule has 1 aromatic heterocycles. The molecule has 1 atom stereocenters.